The van der Waals surface area contributed by atoms with Crippen molar-refractivity contribution in [3.05, 3.63) is 28.8 Å². The third kappa shape index (κ3) is 3.69. The molecule has 0 bridgehead atoms. The average molecular weight is 388 g/mol. The second-order valence-electron chi connectivity index (χ2n) is 7.66. The molecule has 0 saturated carbocycles. The molecule has 3 heterocycles. The Balaban J connectivity index is 1.74. The number of piperidine rings is 1. The van der Waals surface area contributed by atoms with E-state index in [4.69, 9.17) is 11.6 Å². The molecule has 2 aromatic rings. The molecule has 0 amide bonds. The number of anilines is 2. The molecule has 4 rings (SSSR count). The fraction of sp³-hybridized carbons (Fsp3) is 0.500. The number of nitrogens with one attached hydrogen (secondary N) is 1. The second kappa shape index (κ2) is 7.52. The van der Waals surface area contributed by atoms with Crippen molar-refractivity contribution in [2.75, 3.05) is 43.9 Å². The van der Waals surface area contributed by atoms with Gasteiger partial charge in [-0.05, 0) is 57.5 Å². The van der Waals surface area contributed by atoms with E-state index in [-0.39, 0.29) is 5.75 Å². The maximum absolute atomic E-state index is 10.4. The van der Waals surface area contributed by atoms with Crippen LogP contribution in [0.2, 0.25) is 5.02 Å². The lowest BCUT2D eigenvalue weighted by Gasteiger charge is -2.34. The number of hydrogen-bond donors (Lipinski definition) is 2. The summed E-state index contributed by atoms with van der Waals surface area (Å²) < 4.78 is 0. The molecule has 1 fully saturated rings. The van der Waals surface area contributed by atoms with E-state index in [0.717, 1.165) is 61.7 Å². The number of nitrogens with zero attached hydrogens (tertiary/aromatic N) is 4. The number of halogens is 1. The average Bonchev–Trinajstić information content (AvgIpc) is 2.63. The van der Waals surface area contributed by atoms with Crippen LogP contribution in [-0.4, -0.2) is 60.0 Å². The lowest BCUT2D eigenvalue weighted by Crippen LogP contribution is -2.40. The van der Waals surface area contributed by atoms with E-state index in [1.807, 2.05) is 6.07 Å². The summed E-state index contributed by atoms with van der Waals surface area (Å²) in [6.45, 7) is 3.15. The molecule has 0 radical (unpaired) electrons. The van der Waals surface area contributed by atoms with Gasteiger partial charge >= 0.3 is 0 Å². The van der Waals surface area contributed by atoms with Crippen LogP contribution in [-0.2, 0) is 6.42 Å². The summed E-state index contributed by atoms with van der Waals surface area (Å²) in [6.07, 6.45) is 4.31. The van der Waals surface area contributed by atoms with Crippen molar-refractivity contribution >= 4 is 23.1 Å². The number of likely N-dealkylation sites (tertiary alicyclic amines) is 1. The normalized spacial score (nSPS) is 20.4. The molecule has 1 atom stereocenters. The van der Waals surface area contributed by atoms with Gasteiger partial charge in [0.1, 0.15) is 11.4 Å². The van der Waals surface area contributed by atoms with Gasteiger partial charge in [-0.15, -0.1) is 10.2 Å². The number of phenols is 1. The van der Waals surface area contributed by atoms with Crippen LogP contribution in [0.25, 0.3) is 11.3 Å². The molecule has 1 aromatic heterocycles. The van der Waals surface area contributed by atoms with E-state index < -0.39 is 0 Å². The van der Waals surface area contributed by atoms with E-state index in [9.17, 15) is 5.11 Å². The molecule has 2 aliphatic rings. The third-order valence-corrected chi connectivity index (χ3v) is 5.76. The van der Waals surface area contributed by atoms with Crippen molar-refractivity contribution in [3.8, 4) is 17.0 Å². The van der Waals surface area contributed by atoms with E-state index in [2.05, 4.69) is 39.4 Å². The number of hydrogen-bond acceptors (Lipinski definition) is 6. The number of likely N-dealkylation sites (N-methyl/N-ethyl adjacent to an activating group) is 1. The molecule has 144 valence electrons. The maximum Gasteiger partial charge on any atom is 0.172 e. The topological polar surface area (TPSA) is 64.5 Å². The molecule has 6 nitrogen and oxygen atoms in total. The van der Waals surface area contributed by atoms with E-state index >= 15 is 0 Å². The SMILES string of the molecule is CN1CCC[C@H](Nc2nnc(-c3ccc(Cl)cc3O)c3c2N(C)CCC3)C1. The Morgan fingerprint density at radius 3 is 2.81 bits per heavy atom. The van der Waals surface area contributed by atoms with Crippen LogP contribution in [0, 0.1) is 0 Å². The van der Waals surface area contributed by atoms with Crippen molar-refractivity contribution in [3.63, 3.8) is 0 Å². The summed E-state index contributed by atoms with van der Waals surface area (Å²) in [5, 5.41) is 23.6. The van der Waals surface area contributed by atoms with Gasteiger partial charge in [0.15, 0.2) is 5.82 Å². The van der Waals surface area contributed by atoms with Gasteiger partial charge in [-0.3, -0.25) is 0 Å². The number of rotatable bonds is 3. The Morgan fingerprint density at radius 1 is 1.19 bits per heavy atom. The van der Waals surface area contributed by atoms with Gasteiger partial charge in [-0.2, -0.15) is 0 Å². The minimum atomic E-state index is 0.141. The highest BCUT2D eigenvalue weighted by Crippen LogP contribution is 2.40. The molecule has 0 unspecified atom stereocenters. The van der Waals surface area contributed by atoms with Gasteiger partial charge in [0.2, 0.25) is 0 Å². The summed E-state index contributed by atoms with van der Waals surface area (Å²) >= 11 is 6.00. The zero-order chi connectivity index (χ0) is 19.0. The summed E-state index contributed by atoms with van der Waals surface area (Å²) in [5.74, 6) is 0.992. The van der Waals surface area contributed by atoms with Crippen molar-refractivity contribution in [2.24, 2.45) is 0 Å². The first-order valence-corrected chi connectivity index (χ1v) is 9.95. The van der Waals surface area contributed by atoms with Crippen LogP contribution < -0.4 is 10.2 Å². The zero-order valence-electron chi connectivity index (χ0n) is 15.9. The molecule has 0 aliphatic carbocycles. The minimum Gasteiger partial charge on any atom is -0.507 e. The van der Waals surface area contributed by atoms with Crippen molar-refractivity contribution in [1.82, 2.24) is 15.1 Å². The molecule has 0 spiro atoms. The summed E-state index contributed by atoms with van der Waals surface area (Å²) in [4.78, 5) is 4.60. The standard InChI is InChI=1S/C20H26ClN5O/c1-25-9-3-5-14(12-25)22-20-19-16(6-4-10-26(19)2)18(23-24-20)15-8-7-13(21)11-17(15)27/h7-8,11,14,27H,3-6,9-10,12H2,1-2H3,(H,22,24)/t14-/m0/s1. The van der Waals surface area contributed by atoms with Crippen LogP contribution in [0.3, 0.4) is 0 Å². The van der Waals surface area contributed by atoms with Crippen molar-refractivity contribution < 1.29 is 5.11 Å². The Kier molecular flexibility index (Phi) is 5.10. The molecule has 2 aliphatic heterocycles. The second-order valence-corrected chi connectivity index (χ2v) is 8.09. The van der Waals surface area contributed by atoms with Crippen LogP contribution in [0.15, 0.2) is 18.2 Å². The first kappa shape index (κ1) is 18.3. The van der Waals surface area contributed by atoms with Gasteiger partial charge in [0, 0.05) is 42.3 Å². The predicted octanol–water partition coefficient (Wildman–Crippen LogP) is 3.39. The van der Waals surface area contributed by atoms with Gasteiger partial charge in [-0.25, -0.2) is 0 Å². The molecule has 27 heavy (non-hydrogen) atoms. The van der Waals surface area contributed by atoms with Crippen molar-refractivity contribution in [2.45, 2.75) is 31.7 Å². The van der Waals surface area contributed by atoms with Gasteiger partial charge < -0.3 is 20.2 Å². The third-order valence-electron chi connectivity index (χ3n) is 5.53. The highest BCUT2D eigenvalue weighted by molar-refractivity contribution is 6.30. The zero-order valence-corrected chi connectivity index (χ0v) is 16.6. The quantitative estimate of drug-likeness (QED) is 0.841. The fourth-order valence-corrected chi connectivity index (χ4v) is 4.38. The van der Waals surface area contributed by atoms with Crippen LogP contribution >= 0.6 is 11.6 Å². The number of phenolic OH excluding ortho intramolecular Hbond substituents is 1. The Labute approximate surface area is 165 Å². The van der Waals surface area contributed by atoms with Crippen LogP contribution in [0.5, 0.6) is 5.75 Å². The van der Waals surface area contributed by atoms with E-state index in [1.165, 1.54) is 6.42 Å². The Hall–Kier alpha value is -2.05. The lowest BCUT2D eigenvalue weighted by atomic mass is 9.96. The largest absolute Gasteiger partial charge is 0.507 e. The predicted molar refractivity (Wildman–Crippen MR) is 110 cm³/mol. The highest BCUT2D eigenvalue weighted by Gasteiger charge is 2.27. The Morgan fingerprint density at radius 2 is 2.04 bits per heavy atom. The number of benzene rings is 1. The van der Waals surface area contributed by atoms with Gasteiger partial charge in [-0.1, -0.05) is 11.6 Å². The Bertz CT molecular complexity index is 843. The van der Waals surface area contributed by atoms with Gasteiger partial charge in [0.25, 0.3) is 0 Å². The van der Waals surface area contributed by atoms with Crippen molar-refractivity contribution in [1.29, 1.82) is 0 Å². The van der Waals surface area contributed by atoms with E-state index in [0.29, 0.717) is 16.6 Å². The van der Waals surface area contributed by atoms with Crippen LogP contribution in [0.1, 0.15) is 24.8 Å². The summed E-state index contributed by atoms with van der Waals surface area (Å²) in [7, 11) is 4.26. The maximum atomic E-state index is 10.4. The minimum absolute atomic E-state index is 0.141. The first-order chi connectivity index (χ1) is 13.0. The van der Waals surface area contributed by atoms with E-state index in [1.54, 1.807) is 12.1 Å². The molecule has 2 N–H and O–H groups in total. The number of fused-ring (bicyclic) bond motifs is 1. The first-order valence-electron chi connectivity index (χ1n) is 9.57. The summed E-state index contributed by atoms with van der Waals surface area (Å²) in [6, 6.07) is 5.54. The molecule has 1 saturated heterocycles. The molecular formula is C20H26ClN5O. The molecular weight excluding hydrogens is 362 g/mol. The summed E-state index contributed by atoms with van der Waals surface area (Å²) in [5.41, 5.74) is 3.68. The fourth-order valence-electron chi connectivity index (χ4n) is 4.21. The molecule has 7 heteroatoms. The number of aromatic nitrogens is 2. The highest BCUT2D eigenvalue weighted by atomic mass is 35.5. The number of aromatic hydroxyl groups is 1. The van der Waals surface area contributed by atoms with Gasteiger partial charge in [0.05, 0.1) is 5.69 Å². The van der Waals surface area contributed by atoms with Crippen LogP contribution in [0.4, 0.5) is 11.5 Å². The molecule has 1 aromatic carbocycles. The smallest absolute Gasteiger partial charge is 0.172 e. The lowest BCUT2D eigenvalue weighted by molar-refractivity contribution is 0.260. The monoisotopic (exact) mass is 387 g/mol.